The maximum atomic E-state index is 12.5. The Hall–Kier alpha value is -1.13. The molecule has 1 aliphatic heterocycles. The van der Waals surface area contributed by atoms with E-state index in [1.54, 1.807) is 0 Å². The number of hydrogen-bond acceptors (Lipinski definition) is 3. The molecular weight excluding hydrogens is 250 g/mol. The molecule has 1 aromatic rings. The Bertz CT molecular complexity index is 478. The van der Waals surface area contributed by atoms with E-state index in [2.05, 4.69) is 42.2 Å². The van der Waals surface area contributed by atoms with Crippen molar-refractivity contribution >= 4 is 5.78 Å². The first-order valence-electron chi connectivity index (χ1n) is 7.63. The van der Waals surface area contributed by atoms with Crippen molar-refractivity contribution in [2.24, 2.45) is 0 Å². The van der Waals surface area contributed by atoms with Crippen molar-refractivity contribution in [3.8, 4) is 0 Å². The van der Waals surface area contributed by atoms with Crippen molar-refractivity contribution in [2.45, 2.75) is 33.7 Å². The van der Waals surface area contributed by atoms with Crippen LogP contribution >= 0.6 is 0 Å². The smallest absolute Gasteiger partial charge is 0.178 e. The van der Waals surface area contributed by atoms with Gasteiger partial charge in [0.2, 0.25) is 0 Å². The summed E-state index contributed by atoms with van der Waals surface area (Å²) < 4.78 is 2.21. The van der Waals surface area contributed by atoms with Gasteiger partial charge in [0.15, 0.2) is 5.78 Å². The highest BCUT2D eigenvalue weighted by Crippen LogP contribution is 2.16. The fourth-order valence-corrected chi connectivity index (χ4v) is 3.12. The molecule has 1 fully saturated rings. The van der Waals surface area contributed by atoms with E-state index in [0.29, 0.717) is 6.54 Å². The Morgan fingerprint density at radius 1 is 1.20 bits per heavy atom. The molecule has 0 aliphatic carbocycles. The molecule has 0 spiro atoms. The van der Waals surface area contributed by atoms with Gasteiger partial charge in [-0.05, 0) is 53.4 Å². The molecule has 112 valence electrons. The largest absolute Gasteiger partial charge is 0.349 e. The zero-order chi connectivity index (χ0) is 14.7. The highest BCUT2D eigenvalue weighted by Gasteiger charge is 2.19. The Balaban J connectivity index is 2.04. The van der Waals surface area contributed by atoms with E-state index in [4.69, 9.17) is 0 Å². The van der Waals surface area contributed by atoms with Crippen LogP contribution in [0, 0.1) is 13.8 Å². The van der Waals surface area contributed by atoms with E-state index in [-0.39, 0.29) is 5.78 Å². The lowest BCUT2D eigenvalue weighted by molar-refractivity contribution is 0.0932. The number of carbonyl (C=O) groups is 1. The Labute approximate surface area is 122 Å². The fraction of sp³-hybridized carbons (Fsp3) is 0.688. The number of aromatic nitrogens is 1. The first kappa shape index (κ1) is 15.3. The van der Waals surface area contributed by atoms with Gasteiger partial charge in [-0.3, -0.25) is 9.69 Å². The molecule has 2 heterocycles. The highest BCUT2D eigenvalue weighted by atomic mass is 16.1. The lowest BCUT2D eigenvalue weighted by atomic mass is 10.1. The van der Waals surface area contributed by atoms with Crippen LogP contribution in [-0.2, 0) is 6.54 Å². The van der Waals surface area contributed by atoms with Gasteiger partial charge in [-0.25, -0.2) is 0 Å². The van der Waals surface area contributed by atoms with Crippen molar-refractivity contribution in [1.29, 1.82) is 0 Å². The predicted octanol–water partition coefficient (Wildman–Crippen LogP) is 1.95. The van der Waals surface area contributed by atoms with Gasteiger partial charge < -0.3 is 9.47 Å². The van der Waals surface area contributed by atoms with Crippen LogP contribution in [0.2, 0.25) is 0 Å². The van der Waals surface area contributed by atoms with E-state index >= 15 is 0 Å². The number of hydrogen-bond donors (Lipinski definition) is 0. The number of aryl methyl sites for hydroxylation is 1. The first-order valence-corrected chi connectivity index (χ1v) is 7.63. The summed E-state index contributed by atoms with van der Waals surface area (Å²) in [4.78, 5) is 17.2. The molecule has 0 bridgehead atoms. The zero-order valence-corrected chi connectivity index (χ0v) is 13.3. The summed E-state index contributed by atoms with van der Waals surface area (Å²) in [6.45, 7) is 12.0. The number of likely N-dealkylation sites (N-methyl/N-ethyl adjacent to an activating group) is 1. The standard InChI is InChI=1S/C16H27N3O/c1-5-19-13(2)11-15(14(19)3)16(20)12-18-8-6-7-17(4)9-10-18/h11H,5-10,12H2,1-4H3. The van der Waals surface area contributed by atoms with Crippen LogP contribution in [0.15, 0.2) is 6.07 Å². The highest BCUT2D eigenvalue weighted by molar-refractivity contribution is 5.99. The minimum absolute atomic E-state index is 0.266. The van der Waals surface area contributed by atoms with Crippen molar-refractivity contribution in [3.63, 3.8) is 0 Å². The van der Waals surface area contributed by atoms with Crippen LogP contribution in [0.4, 0.5) is 0 Å². The molecule has 0 atom stereocenters. The third kappa shape index (κ3) is 3.30. The van der Waals surface area contributed by atoms with Crippen LogP contribution < -0.4 is 0 Å². The van der Waals surface area contributed by atoms with Crippen LogP contribution in [0.3, 0.4) is 0 Å². The molecule has 0 radical (unpaired) electrons. The Kier molecular flexibility index (Phi) is 5.00. The quantitative estimate of drug-likeness (QED) is 0.788. The van der Waals surface area contributed by atoms with E-state index in [0.717, 1.165) is 50.4 Å². The van der Waals surface area contributed by atoms with Gasteiger partial charge in [-0.2, -0.15) is 0 Å². The molecule has 0 aromatic carbocycles. The van der Waals surface area contributed by atoms with E-state index in [1.165, 1.54) is 5.69 Å². The monoisotopic (exact) mass is 277 g/mol. The Morgan fingerprint density at radius 2 is 1.95 bits per heavy atom. The summed E-state index contributed by atoms with van der Waals surface area (Å²) in [6, 6.07) is 2.05. The summed E-state index contributed by atoms with van der Waals surface area (Å²) in [5.41, 5.74) is 3.20. The molecular formula is C16H27N3O. The van der Waals surface area contributed by atoms with Gasteiger partial charge in [0.05, 0.1) is 6.54 Å². The minimum Gasteiger partial charge on any atom is -0.349 e. The fourth-order valence-electron chi connectivity index (χ4n) is 3.12. The molecule has 1 aromatic heterocycles. The third-order valence-corrected chi connectivity index (χ3v) is 4.37. The molecule has 0 saturated carbocycles. The summed E-state index contributed by atoms with van der Waals surface area (Å²) in [5.74, 6) is 0.266. The maximum Gasteiger partial charge on any atom is 0.178 e. The minimum atomic E-state index is 0.266. The molecule has 1 saturated heterocycles. The van der Waals surface area contributed by atoms with Crippen LogP contribution in [0.25, 0.3) is 0 Å². The average Bonchev–Trinajstić information content (AvgIpc) is 2.56. The summed E-state index contributed by atoms with van der Waals surface area (Å²) in [7, 11) is 2.15. The van der Waals surface area contributed by atoms with E-state index in [9.17, 15) is 4.79 Å². The SMILES string of the molecule is CCn1c(C)cc(C(=O)CN2CCCN(C)CC2)c1C. The van der Waals surface area contributed by atoms with Gasteiger partial charge in [-0.1, -0.05) is 0 Å². The van der Waals surface area contributed by atoms with Crippen LogP contribution in [-0.4, -0.2) is 59.9 Å². The second-order valence-electron chi connectivity index (χ2n) is 5.89. The van der Waals surface area contributed by atoms with Gasteiger partial charge >= 0.3 is 0 Å². The van der Waals surface area contributed by atoms with Crippen molar-refractivity contribution in [3.05, 3.63) is 23.0 Å². The normalized spacial score (nSPS) is 18.2. The molecule has 2 rings (SSSR count). The molecule has 0 amide bonds. The van der Waals surface area contributed by atoms with Crippen molar-refractivity contribution < 1.29 is 4.79 Å². The molecule has 0 N–H and O–H groups in total. The maximum absolute atomic E-state index is 12.5. The average molecular weight is 277 g/mol. The predicted molar refractivity (Wildman–Crippen MR) is 82.5 cm³/mol. The van der Waals surface area contributed by atoms with Crippen LogP contribution in [0.5, 0.6) is 0 Å². The lowest BCUT2D eigenvalue weighted by Gasteiger charge is -2.19. The number of carbonyl (C=O) groups excluding carboxylic acids is 1. The number of ketones is 1. The zero-order valence-electron chi connectivity index (χ0n) is 13.3. The molecule has 4 nitrogen and oxygen atoms in total. The van der Waals surface area contributed by atoms with E-state index in [1.807, 2.05) is 6.07 Å². The molecule has 4 heteroatoms. The Morgan fingerprint density at radius 3 is 2.60 bits per heavy atom. The number of Topliss-reactive ketones (excluding diaryl/α,β-unsaturated/α-hetero) is 1. The summed E-state index contributed by atoms with van der Waals surface area (Å²) >= 11 is 0. The lowest BCUT2D eigenvalue weighted by Crippen LogP contribution is -2.33. The van der Waals surface area contributed by atoms with E-state index < -0.39 is 0 Å². The summed E-state index contributed by atoms with van der Waals surface area (Å²) in [5, 5.41) is 0. The number of rotatable bonds is 4. The third-order valence-electron chi connectivity index (χ3n) is 4.37. The molecule has 1 aliphatic rings. The van der Waals surface area contributed by atoms with Crippen molar-refractivity contribution in [1.82, 2.24) is 14.4 Å². The summed E-state index contributed by atoms with van der Waals surface area (Å²) in [6.07, 6.45) is 1.15. The van der Waals surface area contributed by atoms with Gasteiger partial charge in [0.1, 0.15) is 0 Å². The topological polar surface area (TPSA) is 28.5 Å². The first-order chi connectivity index (χ1) is 9.52. The van der Waals surface area contributed by atoms with Crippen LogP contribution in [0.1, 0.15) is 35.1 Å². The van der Waals surface area contributed by atoms with Gasteiger partial charge in [0, 0.05) is 36.6 Å². The molecule has 20 heavy (non-hydrogen) atoms. The number of nitrogens with zero attached hydrogens (tertiary/aromatic N) is 3. The molecule has 0 unspecified atom stereocenters. The second-order valence-corrected chi connectivity index (χ2v) is 5.89. The van der Waals surface area contributed by atoms with Gasteiger partial charge in [0.25, 0.3) is 0 Å². The van der Waals surface area contributed by atoms with Crippen molar-refractivity contribution in [2.75, 3.05) is 39.8 Å². The second kappa shape index (κ2) is 6.55. The van der Waals surface area contributed by atoms with Gasteiger partial charge in [-0.15, -0.1) is 0 Å².